The zero-order chi connectivity index (χ0) is 16.4. The van der Waals surface area contributed by atoms with Gasteiger partial charge in [-0.1, -0.05) is 35.9 Å². The smallest absolute Gasteiger partial charge is 0.243 e. The highest BCUT2D eigenvalue weighted by molar-refractivity contribution is 5.95. The van der Waals surface area contributed by atoms with Crippen molar-refractivity contribution in [3.8, 4) is 0 Å². The number of nitrogens with zero attached hydrogens (tertiary/aromatic N) is 1. The molecule has 0 fully saturated rings. The molecule has 1 aliphatic heterocycles. The van der Waals surface area contributed by atoms with Crippen LogP contribution in [0.2, 0.25) is 0 Å². The maximum atomic E-state index is 12.5. The summed E-state index contributed by atoms with van der Waals surface area (Å²) < 4.78 is 0. The summed E-state index contributed by atoms with van der Waals surface area (Å²) in [6.07, 6.45) is 2.21. The Morgan fingerprint density at radius 3 is 2.57 bits per heavy atom. The number of aryl methyl sites for hydroxylation is 4. The van der Waals surface area contributed by atoms with Crippen LogP contribution in [-0.2, 0) is 11.2 Å². The van der Waals surface area contributed by atoms with Crippen LogP contribution < -0.4 is 10.2 Å². The molecular formula is C20H24N2O. The summed E-state index contributed by atoms with van der Waals surface area (Å²) in [5, 5.41) is 3.10. The molecule has 0 bridgehead atoms. The lowest BCUT2D eigenvalue weighted by atomic mass is 10.0. The van der Waals surface area contributed by atoms with Gasteiger partial charge in [-0.05, 0) is 56.4 Å². The molecule has 3 nitrogen and oxygen atoms in total. The van der Waals surface area contributed by atoms with Crippen molar-refractivity contribution in [2.45, 2.75) is 33.6 Å². The van der Waals surface area contributed by atoms with E-state index in [0.717, 1.165) is 36.2 Å². The Morgan fingerprint density at radius 1 is 1.13 bits per heavy atom. The molecule has 0 spiro atoms. The van der Waals surface area contributed by atoms with E-state index in [9.17, 15) is 4.79 Å². The number of carbonyl (C=O) groups excluding carboxylic acids is 1. The van der Waals surface area contributed by atoms with Gasteiger partial charge in [-0.15, -0.1) is 0 Å². The molecule has 0 unspecified atom stereocenters. The van der Waals surface area contributed by atoms with Crippen LogP contribution in [0, 0.1) is 20.8 Å². The first-order valence-corrected chi connectivity index (χ1v) is 8.25. The van der Waals surface area contributed by atoms with E-state index in [1.54, 1.807) is 0 Å². The molecule has 0 aromatic heterocycles. The van der Waals surface area contributed by atoms with Crippen LogP contribution in [0.4, 0.5) is 11.4 Å². The van der Waals surface area contributed by atoms with Crippen molar-refractivity contribution in [1.29, 1.82) is 0 Å². The van der Waals surface area contributed by atoms with Crippen molar-refractivity contribution in [2.75, 3.05) is 23.3 Å². The van der Waals surface area contributed by atoms with Gasteiger partial charge in [-0.2, -0.15) is 0 Å². The minimum Gasteiger partial charge on any atom is -0.362 e. The summed E-state index contributed by atoms with van der Waals surface area (Å²) >= 11 is 0. The Morgan fingerprint density at radius 2 is 1.83 bits per heavy atom. The lowest BCUT2D eigenvalue weighted by molar-refractivity contribution is -0.115. The van der Waals surface area contributed by atoms with E-state index in [4.69, 9.17) is 0 Å². The first-order valence-electron chi connectivity index (χ1n) is 8.25. The molecule has 0 saturated heterocycles. The Bertz CT molecular complexity index is 713. The van der Waals surface area contributed by atoms with Gasteiger partial charge in [0.2, 0.25) is 5.91 Å². The Kier molecular flexibility index (Phi) is 4.37. The standard InChI is InChI=1S/C20H24N2O/c1-14-11-15(2)20(16(3)12-14)21-19(23)13-22-10-6-8-17-7-4-5-9-18(17)22/h4-5,7,9,11-12H,6,8,10,13H2,1-3H3,(H,21,23). The largest absolute Gasteiger partial charge is 0.362 e. The van der Waals surface area contributed by atoms with E-state index in [2.05, 4.69) is 47.5 Å². The first-order chi connectivity index (χ1) is 11.0. The van der Waals surface area contributed by atoms with Gasteiger partial charge in [-0.25, -0.2) is 0 Å². The van der Waals surface area contributed by atoms with E-state index >= 15 is 0 Å². The lowest BCUT2D eigenvalue weighted by Gasteiger charge is -2.30. The van der Waals surface area contributed by atoms with E-state index < -0.39 is 0 Å². The van der Waals surface area contributed by atoms with Crippen LogP contribution in [0.25, 0.3) is 0 Å². The highest BCUT2D eigenvalue weighted by Crippen LogP contribution is 2.27. The van der Waals surface area contributed by atoms with Gasteiger partial charge in [0, 0.05) is 17.9 Å². The van der Waals surface area contributed by atoms with Crippen LogP contribution in [0.3, 0.4) is 0 Å². The van der Waals surface area contributed by atoms with Crippen molar-refractivity contribution < 1.29 is 4.79 Å². The highest BCUT2D eigenvalue weighted by Gasteiger charge is 2.19. The van der Waals surface area contributed by atoms with Crippen molar-refractivity contribution in [1.82, 2.24) is 0 Å². The Balaban J connectivity index is 1.74. The number of hydrogen-bond acceptors (Lipinski definition) is 2. The predicted molar refractivity (Wildman–Crippen MR) is 96.3 cm³/mol. The average molecular weight is 308 g/mol. The van der Waals surface area contributed by atoms with Gasteiger partial charge in [0.15, 0.2) is 0 Å². The van der Waals surface area contributed by atoms with E-state index in [1.807, 2.05) is 19.9 Å². The molecule has 0 saturated carbocycles. The minimum atomic E-state index is 0.0526. The maximum Gasteiger partial charge on any atom is 0.243 e. The molecular weight excluding hydrogens is 284 g/mol. The number of fused-ring (bicyclic) bond motifs is 1. The molecule has 1 aliphatic rings. The maximum absolute atomic E-state index is 12.5. The molecule has 0 radical (unpaired) electrons. The number of nitrogens with one attached hydrogen (secondary N) is 1. The molecule has 1 N–H and O–H groups in total. The van der Waals surface area contributed by atoms with Crippen molar-refractivity contribution in [3.63, 3.8) is 0 Å². The number of benzene rings is 2. The molecule has 1 amide bonds. The zero-order valence-corrected chi connectivity index (χ0v) is 14.1. The number of anilines is 2. The van der Waals surface area contributed by atoms with Gasteiger partial charge in [-0.3, -0.25) is 4.79 Å². The summed E-state index contributed by atoms with van der Waals surface area (Å²) in [6.45, 7) is 7.52. The zero-order valence-electron chi connectivity index (χ0n) is 14.1. The molecule has 2 aromatic rings. The van der Waals surface area contributed by atoms with E-state index in [0.29, 0.717) is 6.54 Å². The molecule has 2 aromatic carbocycles. The number of carbonyl (C=O) groups is 1. The monoisotopic (exact) mass is 308 g/mol. The first kappa shape index (κ1) is 15.6. The third-order valence-corrected chi connectivity index (χ3v) is 4.48. The topological polar surface area (TPSA) is 32.3 Å². The van der Waals surface area contributed by atoms with Crippen molar-refractivity contribution >= 4 is 17.3 Å². The minimum absolute atomic E-state index is 0.0526. The number of hydrogen-bond donors (Lipinski definition) is 1. The summed E-state index contributed by atoms with van der Waals surface area (Å²) in [7, 11) is 0. The third kappa shape index (κ3) is 3.39. The molecule has 1 heterocycles. The summed E-state index contributed by atoms with van der Waals surface area (Å²) in [4.78, 5) is 14.7. The number of amides is 1. The van der Waals surface area contributed by atoms with Crippen LogP contribution in [0.5, 0.6) is 0 Å². The molecule has 0 atom stereocenters. The highest BCUT2D eigenvalue weighted by atomic mass is 16.2. The number of rotatable bonds is 3. The second-order valence-corrected chi connectivity index (χ2v) is 6.48. The molecule has 120 valence electrons. The van der Waals surface area contributed by atoms with Crippen LogP contribution in [-0.4, -0.2) is 19.0 Å². The SMILES string of the molecule is Cc1cc(C)c(NC(=O)CN2CCCc3ccccc32)c(C)c1. The van der Waals surface area contributed by atoms with Gasteiger partial charge in [0.25, 0.3) is 0 Å². The Labute approximate surface area is 138 Å². The fraction of sp³-hybridized carbons (Fsp3) is 0.350. The summed E-state index contributed by atoms with van der Waals surface area (Å²) in [5.74, 6) is 0.0526. The number of para-hydroxylation sites is 1. The Hall–Kier alpha value is -2.29. The van der Waals surface area contributed by atoms with Crippen LogP contribution in [0.15, 0.2) is 36.4 Å². The van der Waals surface area contributed by atoms with Crippen LogP contribution >= 0.6 is 0 Å². The molecule has 3 rings (SSSR count). The lowest BCUT2D eigenvalue weighted by Crippen LogP contribution is -2.37. The van der Waals surface area contributed by atoms with Gasteiger partial charge in [0.1, 0.15) is 0 Å². The normalized spacial score (nSPS) is 13.6. The quantitative estimate of drug-likeness (QED) is 0.929. The third-order valence-electron chi connectivity index (χ3n) is 4.48. The van der Waals surface area contributed by atoms with Crippen LogP contribution in [0.1, 0.15) is 28.7 Å². The second kappa shape index (κ2) is 6.45. The van der Waals surface area contributed by atoms with Crippen molar-refractivity contribution in [2.24, 2.45) is 0 Å². The van der Waals surface area contributed by atoms with E-state index in [-0.39, 0.29) is 5.91 Å². The fourth-order valence-corrected chi connectivity index (χ4v) is 3.51. The molecule has 3 heteroatoms. The van der Waals surface area contributed by atoms with E-state index in [1.165, 1.54) is 16.8 Å². The second-order valence-electron chi connectivity index (χ2n) is 6.48. The average Bonchev–Trinajstić information content (AvgIpc) is 2.51. The predicted octanol–water partition coefficient (Wildman–Crippen LogP) is 4.00. The summed E-state index contributed by atoms with van der Waals surface area (Å²) in [5.41, 5.74) is 6.96. The summed E-state index contributed by atoms with van der Waals surface area (Å²) in [6, 6.07) is 12.6. The molecule has 23 heavy (non-hydrogen) atoms. The van der Waals surface area contributed by atoms with Crippen molar-refractivity contribution in [3.05, 3.63) is 58.7 Å². The van der Waals surface area contributed by atoms with Gasteiger partial charge < -0.3 is 10.2 Å². The van der Waals surface area contributed by atoms with Gasteiger partial charge >= 0.3 is 0 Å². The molecule has 0 aliphatic carbocycles. The van der Waals surface area contributed by atoms with Gasteiger partial charge in [0.05, 0.1) is 6.54 Å². The fourth-order valence-electron chi connectivity index (χ4n) is 3.51.